The molecule has 1 nitrogen and oxygen atoms in total. The van der Waals surface area contributed by atoms with Gasteiger partial charge in [0.1, 0.15) is 0 Å². The summed E-state index contributed by atoms with van der Waals surface area (Å²) in [5.41, 5.74) is 4.13. The van der Waals surface area contributed by atoms with E-state index in [4.69, 9.17) is 5.26 Å². The average molecular weight is 171 g/mol. The van der Waals surface area contributed by atoms with Crippen LogP contribution in [-0.2, 0) is 12.8 Å². The first kappa shape index (κ1) is 8.31. The standard InChI is InChI=1S/C12H13N/c1-9-2-4-11-5-3-10(8-13)7-12(11)6-9/h2,4,6,10H,3,5,7H2,1H3. The van der Waals surface area contributed by atoms with Gasteiger partial charge in [0.25, 0.3) is 0 Å². The van der Waals surface area contributed by atoms with Crippen molar-refractivity contribution in [2.45, 2.75) is 26.2 Å². The summed E-state index contributed by atoms with van der Waals surface area (Å²) in [6, 6.07) is 8.95. The number of hydrogen-bond acceptors (Lipinski definition) is 1. The number of nitriles is 1. The molecule has 0 spiro atoms. The summed E-state index contributed by atoms with van der Waals surface area (Å²) in [5, 5.41) is 8.84. The predicted octanol–water partition coefficient (Wildman–Crippen LogP) is 2.62. The molecule has 1 aliphatic carbocycles. The van der Waals surface area contributed by atoms with E-state index in [0.29, 0.717) is 0 Å². The molecule has 0 aromatic heterocycles. The number of rotatable bonds is 0. The molecule has 0 radical (unpaired) electrons. The molecule has 1 heteroatoms. The number of benzene rings is 1. The molecule has 0 saturated carbocycles. The lowest BCUT2D eigenvalue weighted by molar-refractivity contribution is 0.564. The highest BCUT2D eigenvalue weighted by Crippen LogP contribution is 2.25. The van der Waals surface area contributed by atoms with E-state index in [-0.39, 0.29) is 5.92 Å². The summed E-state index contributed by atoms with van der Waals surface area (Å²) in [5.74, 6) is 0.245. The summed E-state index contributed by atoms with van der Waals surface area (Å²) in [4.78, 5) is 0. The maximum absolute atomic E-state index is 8.84. The molecule has 1 aliphatic rings. The van der Waals surface area contributed by atoms with Crippen molar-refractivity contribution in [2.75, 3.05) is 0 Å². The first-order valence-corrected chi connectivity index (χ1v) is 4.77. The van der Waals surface area contributed by atoms with Gasteiger partial charge in [-0.15, -0.1) is 0 Å². The zero-order chi connectivity index (χ0) is 9.26. The van der Waals surface area contributed by atoms with Crippen LogP contribution >= 0.6 is 0 Å². The highest BCUT2D eigenvalue weighted by Gasteiger charge is 2.17. The molecule has 0 N–H and O–H groups in total. The van der Waals surface area contributed by atoms with Crippen molar-refractivity contribution in [3.63, 3.8) is 0 Å². The maximum atomic E-state index is 8.84. The largest absolute Gasteiger partial charge is 0.198 e. The van der Waals surface area contributed by atoms with Crippen LogP contribution in [0.4, 0.5) is 0 Å². The Morgan fingerprint density at radius 3 is 3.00 bits per heavy atom. The minimum atomic E-state index is 0.245. The lowest BCUT2D eigenvalue weighted by Crippen LogP contribution is -2.12. The lowest BCUT2D eigenvalue weighted by atomic mass is 9.84. The van der Waals surface area contributed by atoms with E-state index in [9.17, 15) is 0 Å². The Morgan fingerprint density at radius 2 is 2.23 bits per heavy atom. The average Bonchev–Trinajstić information content (AvgIpc) is 2.16. The summed E-state index contributed by atoms with van der Waals surface area (Å²) >= 11 is 0. The Morgan fingerprint density at radius 1 is 1.38 bits per heavy atom. The van der Waals surface area contributed by atoms with E-state index in [1.54, 1.807) is 0 Å². The molecule has 66 valence electrons. The van der Waals surface area contributed by atoms with Crippen molar-refractivity contribution in [1.29, 1.82) is 5.26 Å². The normalized spacial score (nSPS) is 20.5. The number of fused-ring (bicyclic) bond motifs is 1. The molecule has 0 bridgehead atoms. The second kappa shape index (κ2) is 3.22. The molecule has 1 atom stereocenters. The second-order valence-electron chi connectivity index (χ2n) is 3.84. The molecule has 1 aromatic carbocycles. The van der Waals surface area contributed by atoms with Gasteiger partial charge < -0.3 is 0 Å². The molecular formula is C12H13N. The molecular weight excluding hydrogens is 158 g/mol. The highest BCUT2D eigenvalue weighted by molar-refractivity contribution is 5.34. The number of aryl methyl sites for hydroxylation is 2. The zero-order valence-corrected chi connectivity index (χ0v) is 7.88. The zero-order valence-electron chi connectivity index (χ0n) is 7.88. The third-order valence-corrected chi connectivity index (χ3v) is 2.77. The van der Waals surface area contributed by atoms with Crippen molar-refractivity contribution in [3.05, 3.63) is 34.9 Å². The van der Waals surface area contributed by atoms with Crippen LogP contribution in [0.5, 0.6) is 0 Å². The molecule has 1 unspecified atom stereocenters. The minimum Gasteiger partial charge on any atom is -0.198 e. The van der Waals surface area contributed by atoms with E-state index < -0.39 is 0 Å². The van der Waals surface area contributed by atoms with Crippen LogP contribution in [0.2, 0.25) is 0 Å². The molecule has 0 saturated heterocycles. The minimum absolute atomic E-state index is 0.245. The Kier molecular flexibility index (Phi) is 2.06. The van der Waals surface area contributed by atoms with Crippen LogP contribution in [0.3, 0.4) is 0 Å². The second-order valence-corrected chi connectivity index (χ2v) is 3.84. The lowest BCUT2D eigenvalue weighted by Gasteiger charge is -2.19. The van der Waals surface area contributed by atoms with Crippen molar-refractivity contribution >= 4 is 0 Å². The molecule has 0 amide bonds. The van der Waals surface area contributed by atoms with E-state index in [1.165, 1.54) is 16.7 Å². The van der Waals surface area contributed by atoms with E-state index in [1.807, 2.05) is 0 Å². The van der Waals surface area contributed by atoms with Gasteiger partial charge in [-0.1, -0.05) is 23.8 Å². The van der Waals surface area contributed by atoms with Crippen molar-refractivity contribution < 1.29 is 0 Å². The predicted molar refractivity (Wildman–Crippen MR) is 52.3 cm³/mol. The van der Waals surface area contributed by atoms with Crippen LogP contribution in [0, 0.1) is 24.2 Å². The van der Waals surface area contributed by atoms with Gasteiger partial charge >= 0.3 is 0 Å². The molecule has 0 heterocycles. The molecule has 0 fully saturated rings. The van der Waals surface area contributed by atoms with Crippen molar-refractivity contribution in [1.82, 2.24) is 0 Å². The first-order chi connectivity index (χ1) is 6.29. The summed E-state index contributed by atoms with van der Waals surface area (Å²) < 4.78 is 0. The van der Waals surface area contributed by atoms with E-state index >= 15 is 0 Å². The fourth-order valence-electron chi connectivity index (χ4n) is 2.00. The van der Waals surface area contributed by atoms with Crippen LogP contribution in [-0.4, -0.2) is 0 Å². The Labute approximate surface area is 79.0 Å². The van der Waals surface area contributed by atoms with Gasteiger partial charge in [-0.05, 0) is 37.3 Å². The smallest absolute Gasteiger partial charge is 0.0659 e. The topological polar surface area (TPSA) is 23.8 Å². The fourth-order valence-corrected chi connectivity index (χ4v) is 2.00. The summed E-state index contributed by atoms with van der Waals surface area (Å²) in [7, 11) is 0. The Hall–Kier alpha value is -1.29. The van der Waals surface area contributed by atoms with E-state index in [2.05, 4.69) is 31.2 Å². The maximum Gasteiger partial charge on any atom is 0.0659 e. The van der Waals surface area contributed by atoms with Gasteiger partial charge in [-0.3, -0.25) is 0 Å². The summed E-state index contributed by atoms with van der Waals surface area (Å²) in [6.07, 6.45) is 3.06. The third-order valence-electron chi connectivity index (χ3n) is 2.77. The number of nitrogens with zero attached hydrogens (tertiary/aromatic N) is 1. The van der Waals surface area contributed by atoms with E-state index in [0.717, 1.165) is 19.3 Å². The summed E-state index contributed by atoms with van der Waals surface area (Å²) in [6.45, 7) is 2.11. The quantitative estimate of drug-likeness (QED) is 0.588. The Balaban J connectivity index is 2.34. The number of hydrogen-bond donors (Lipinski definition) is 0. The monoisotopic (exact) mass is 171 g/mol. The highest BCUT2D eigenvalue weighted by atomic mass is 14.3. The third kappa shape index (κ3) is 1.58. The van der Waals surface area contributed by atoms with Gasteiger partial charge in [-0.2, -0.15) is 5.26 Å². The van der Waals surface area contributed by atoms with Crippen molar-refractivity contribution in [2.24, 2.45) is 5.92 Å². The SMILES string of the molecule is Cc1ccc2c(c1)CC(C#N)CC2. The fraction of sp³-hybridized carbons (Fsp3) is 0.417. The van der Waals surface area contributed by atoms with Crippen molar-refractivity contribution in [3.8, 4) is 6.07 Å². The van der Waals surface area contributed by atoms with Gasteiger partial charge in [0.05, 0.1) is 12.0 Å². The van der Waals surface area contributed by atoms with Crippen LogP contribution in [0.1, 0.15) is 23.1 Å². The van der Waals surface area contributed by atoms with Gasteiger partial charge in [0.2, 0.25) is 0 Å². The van der Waals surface area contributed by atoms with Crippen LogP contribution in [0.15, 0.2) is 18.2 Å². The van der Waals surface area contributed by atoms with Gasteiger partial charge in [-0.25, -0.2) is 0 Å². The Bertz CT molecular complexity index is 360. The molecule has 2 rings (SSSR count). The first-order valence-electron chi connectivity index (χ1n) is 4.77. The molecule has 0 aliphatic heterocycles. The molecule has 1 aromatic rings. The van der Waals surface area contributed by atoms with Crippen LogP contribution < -0.4 is 0 Å². The molecule has 13 heavy (non-hydrogen) atoms. The van der Waals surface area contributed by atoms with Gasteiger partial charge in [0, 0.05) is 0 Å². The van der Waals surface area contributed by atoms with Crippen LogP contribution in [0.25, 0.3) is 0 Å². The van der Waals surface area contributed by atoms with Gasteiger partial charge in [0.15, 0.2) is 0 Å².